The maximum Gasteiger partial charge on any atom is 0.306 e. The predicted octanol–water partition coefficient (Wildman–Crippen LogP) is 23.7. The number of hydrogen-bond acceptors (Lipinski definition) is 6. The van der Waals surface area contributed by atoms with Crippen molar-refractivity contribution in [3.05, 3.63) is 158 Å². The topological polar surface area (TPSA) is 78.9 Å². The van der Waals surface area contributed by atoms with Crippen LogP contribution in [0.15, 0.2) is 158 Å². The molecule has 0 aromatic carbocycles. The summed E-state index contributed by atoms with van der Waals surface area (Å²) in [7, 11) is 0. The summed E-state index contributed by atoms with van der Waals surface area (Å²) in [5, 5.41) is 0. The average molecular weight is 1150 g/mol. The molecule has 0 bridgehead atoms. The molecule has 1 atom stereocenters. The molecule has 0 aliphatic heterocycles. The second kappa shape index (κ2) is 69.5. The molecular weight excluding hydrogens is 1020 g/mol. The van der Waals surface area contributed by atoms with E-state index in [9.17, 15) is 14.4 Å². The van der Waals surface area contributed by atoms with Gasteiger partial charge in [0.2, 0.25) is 0 Å². The second-order valence-corrected chi connectivity index (χ2v) is 21.9. The Morgan fingerprint density at radius 3 is 0.747 bits per heavy atom. The summed E-state index contributed by atoms with van der Waals surface area (Å²) in [4.78, 5) is 38.3. The Morgan fingerprint density at radius 1 is 0.241 bits per heavy atom. The molecule has 6 heteroatoms. The van der Waals surface area contributed by atoms with Gasteiger partial charge >= 0.3 is 17.9 Å². The molecule has 0 fully saturated rings. The standard InChI is InChI=1S/C77H124O6/c1-4-7-10-13-16-19-22-25-27-29-30-31-32-33-34-35-36-37-38-39-40-41-42-43-44-45-46-48-49-52-55-58-61-64-67-70-76(79)82-73-74(72-81-75(78)69-66-63-60-57-54-51-24-21-18-15-12-9-6-3)83-77(80)71-68-65-62-59-56-53-50-47-28-26-23-20-17-14-11-8-5-2/h7-12,16-21,25-28,30-31,33-34,36-37,51,54,60,63,74H,4-6,13-15,22-24,29,32,35,38-50,52-53,55-59,61-62,64-73H2,1-3H3/b10-7-,11-8-,12-9-,19-16-,20-17-,21-18-,27-25-,28-26-,31-30-,34-33-,37-36-,54-51-,63-60-. The Balaban J connectivity index is 4.22. The molecule has 0 spiro atoms. The van der Waals surface area contributed by atoms with Crippen LogP contribution in [0.2, 0.25) is 0 Å². The predicted molar refractivity (Wildman–Crippen MR) is 362 cm³/mol. The van der Waals surface area contributed by atoms with Crippen LogP contribution in [0.25, 0.3) is 0 Å². The molecule has 0 aromatic rings. The molecule has 0 amide bonds. The van der Waals surface area contributed by atoms with Gasteiger partial charge < -0.3 is 14.2 Å². The lowest BCUT2D eigenvalue weighted by Gasteiger charge is -2.18. The molecule has 0 saturated carbocycles. The minimum atomic E-state index is -0.818. The van der Waals surface area contributed by atoms with Crippen LogP contribution in [0, 0.1) is 0 Å². The van der Waals surface area contributed by atoms with Crippen molar-refractivity contribution in [2.75, 3.05) is 13.2 Å². The molecule has 6 nitrogen and oxygen atoms in total. The summed E-state index contributed by atoms with van der Waals surface area (Å²) >= 11 is 0. The molecule has 83 heavy (non-hydrogen) atoms. The van der Waals surface area contributed by atoms with Crippen LogP contribution in [0.5, 0.6) is 0 Å². The molecular formula is C77H124O6. The Morgan fingerprint density at radius 2 is 0.458 bits per heavy atom. The van der Waals surface area contributed by atoms with Gasteiger partial charge in [-0.1, -0.05) is 301 Å². The number of hydrogen-bond donors (Lipinski definition) is 0. The van der Waals surface area contributed by atoms with Crippen LogP contribution < -0.4 is 0 Å². The van der Waals surface area contributed by atoms with Gasteiger partial charge in [0, 0.05) is 19.3 Å². The molecule has 0 N–H and O–H groups in total. The minimum absolute atomic E-state index is 0.108. The van der Waals surface area contributed by atoms with E-state index in [4.69, 9.17) is 14.2 Å². The summed E-state index contributed by atoms with van der Waals surface area (Å²) in [5.74, 6) is -1.00. The SMILES string of the molecule is CC/C=C\C/C=C\C/C=C\C/C=C\C/C=C\C/C=C\CCCCCCCCCCCCCCCCCCC(=O)OCC(COC(=O)CC/C=C\C/C=C\C/C=C\C/C=C\CC)OC(=O)CCCCCCCCC/C=C\C/C=C\C/C=C\CC. The number of esters is 3. The Kier molecular flexibility index (Phi) is 65.4. The van der Waals surface area contributed by atoms with E-state index in [-0.39, 0.29) is 37.5 Å². The van der Waals surface area contributed by atoms with Crippen molar-refractivity contribution in [3.63, 3.8) is 0 Å². The largest absolute Gasteiger partial charge is 0.462 e. The molecule has 0 heterocycles. The van der Waals surface area contributed by atoms with Crippen LogP contribution in [-0.2, 0) is 28.6 Å². The van der Waals surface area contributed by atoms with Crippen molar-refractivity contribution in [1.29, 1.82) is 0 Å². The fourth-order valence-corrected chi connectivity index (χ4v) is 9.06. The van der Waals surface area contributed by atoms with Gasteiger partial charge in [-0.3, -0.25) is 14.4 Å². The second-order valence-electron chi connectivity index (χ2n) is 21.9. The van der Waals surface area contributed by atoms with Crippen LogP contribution in [0.4, 0.5) is 0 Å². The van der Waals surface area contributed by atoms with E-state index in [0.29, 0.717) is 19.3 Å². The van der Waals surface area contributed by atoms with Gasteiger partial charge in [0.25, 0.3) is 0 Å². The lowest BCUT2D eigenvalue weighted by Crippen LogP contribution is -2.30. The zero-order chi connectivity index (χ0) is 59.9. The summed E-state index contributed by atoms with van der Waals surface area (Å²) in [6, 6.07) is 0. The lowest BCUT2D eigenvalue weighted by atomic mass is 10.0. The summed E-state index contributed by atoms with van der Waals surface area (Å²) < 4.78 is 16.8. The normalized spacial score (nSPS) is 13.1. The van der Waals surface area contributed by atoms with Gasteiger partial charge in [0.1, 0.15) is 13.2 Å². The zero-order valence-electron chi connectivity index (χ0n) is 53.7. The smallest absolute Gasteiger partial charge is 0.306 e. The Labute approximate surface area is 511 Å². The highest BCUT2D eigenvalue weighted by Gasteiger charge is 2.19. The number of allylic oxidation sites excluding steroid dienone is 26. The van der Waals surface area contributed by atoms with Gasteiger partial charge in [-0.2, -0.15) is 0 Å². The molecule has 468 valence electrons. The first-order chi connectivity index (χ1) is 41.0. The minimum Gasteiger partial charge on any atom is -0.462 e. The molecule has 0 aliphatic rings. The van der Waals surface area contributed by atoms with Crippen LogP contribution >= 0.6 is 0 Å². The quantitative estimate of drug-likeness (QED) is 0.0261. The number of carbonyl (C=O) groups is 3. The van der Waals surface area contributed by atoms with Gasteiger partial charge in [0.15, 0.2) is 6.10 Å². The molecule has 0 aromatic heterocycles. The third-order valence-corrected chi connectivity index (χ3v) is 14.0. The highest BCUT2D eigenvalue weighted by molar-refractivity contribution is 5.71. The number of rotatable bonds is 60. The fourth-order valence-electron chi connectivity index (χ4n) is 9.06. The van der Waals surface area contributed by atoms with E-state index in [2.05, 4.69) is 173 Å². The van der Waals surface area contributed by atoms with E-state index in [1.165, 1.54) is 109 Å². The Bertz CT molecular complexity index is 1840. The number of carbonyl (C=O) groups excluding carboxylic acids is 3. The summed E-state index contributed by atoms with van der Waals surface area (Å²) in [6.45, 7) is 6.23. The maximum atomic E-state index is 12.9. The van der Waals surface area contributed by atoms with E-state index in [1.807, 2.05) is 6.08 Å². The lowest BCUT2D eigenvalue weighted by molar-refractivity contribution is -0.166. The van der Waals surface area contributed by atoms with E-state index in [1.54, 1.807) is 0 Å². The van der Waals surface area contributed by atoms with Crippen LogP contribution in [-0.4, -0.2) is 37.2 Å². The van der Waals surface area contributed by atoms with Crippen LogP contribution in [0.1, 0.15) is 290 Å². The number of unbranched alkanes of at least 4 members (excludes halogenated alkanes) is 23. The highest BCUT2D eigenvalue weighted by Crippen LogP contribution is 2.16. The van der Waals surface area contributed by atoms with Crippen molar-refractivity contribution in [2.45, 2.75) is 297 Å². The van der Waals surface area contributed by atoms with Gasteiger partial charge in [-0.05, 0) is 128 Å². The average Bonchev–Trinajstić information content (AvgIpc) is 3.49. The molecule has 0 saturated heterocycles. The fraction of sp³-hybridized carbons (Fsp3) is 0.623. The Hall–Kier alpha value is -4.97. The van der Waals surface area contributed by atoms with Crippen LogP contribution in [0.3, 0.4) is 0 Å². The summed E-state index contributed by atoms with van der Waals surface area (Å²) in [5.41, 5.74) is 0. The third kappa shape index (κ3) is 67.7. The summed E-state index contributed by atoms with van der Waals surface area (Å²) in [6.07, 6.45) is 101. The monoisotopic (exact) mass is 1140 g/mol. The van der Waals surface area contributed by atoms with Crippen molar-refractivity contribution < 1.29 is 28.6 Å². The first-order valence-electron chi connectivity index (χ1n) is 34.0. The maximum absolute atomic E-state index is 12.9. The van der Waals surface area contributed by atoms with Crippen molar-refractivity contribution in [3.8, 4) is 0 Å². The molecule has 0 radical (unpaired) electrons. The van der Waals surface area contributed by atoms with Crippen molar-refractivity contribution in [2.24, 2.45) is 0 Å². The van der Waals surface area contributed by atoms with E-state index in [0.717, 1.165) is 135 Å². The van der Waals surface area contributed by atoms with Gasteiger partial charge in [-0.25, -0.2) is 0 Å². The first kappa shape index (κ1) is 78.0. The van der Waals surface area contributed by atoms with Crippen molar-refractivity contribution >= 4 is 17.9 Å². The van der Waals surface area contributed by atoms with Crippen molar-refractivity contribution in [1.82, 2.24) is 0 Å². The molecule has 0 rings (SSSR count). The zero-order valence-corrected chi connectivity index (χ0v) is 53.7. The van der Waals surface area contributed by atoms with Gasteiger partial charge in [-0.15, -0.1) is 0 Å². The number of ether oxygens (including phenoxy) is 3. The highest BCUT2D eigenvalue weighted by atomic mass is 16.6. The third-order valence-electron chi connectivity index (χ3n) is 14.0. The molecule has 1 unspecified atom stereocenters. The van der Waals surface area contributed by atoms with E-state index >= 15 is 0 Å². The van der Waals surface area contributed by atoms with Gasteiger partial charge in [0.05, 0.1) is 0 Å². The molecule has 0 aliphatic carbocycles. The van der Waals surface area contributed by atoms with E-state index < -0.39 is 6.10 Å². The first-order valence-corrected chi connectivity index (χ1v) is 34.0.